The van der Waals surface area contributed by atoms with E-state index in [9.17, 15) is 13.2 Å². The maximum atomic E-state index is 13.0. The van der Waals surface area contributed by atoms with Gasteiger partial charge in [-0.05, 0) is 43.7 Å². The molecule has 0 aliphatic carbocycles. The zero-order chi connectivity index (χ0) is 20.2. The molecule has 1 aromatic carbocycles. The highest BCUT2D eigenvalue weighted by Crippen LogP contribution is 2.22. The Labute approximate surface area is 163 Å². The molecule has 0 spiro atoms. The van der Waals surface area contributed by atoms with Crippen LogP contribution in [0.5, 0.6) is 0 Å². The summed E-state index contributed by atoms with van der Waals surface area (Å²) in [5, 5.41) is 0. The Kier molecular flexibility index (Phi) is 7.03. The lowest BCUT2D eigenvalue weighted by Gasteiger charge is -2.26. The molecule has 27 heavy (non-hydrogen) atoms. The van der Waals surface area contributed by atoms with Gasteiger partial charge in [-0.1, -0.05) is 39.8 Å². The molecule has 1 aromatic rings. The summed E-state index contributed by atoms with van der Waals surface area (Å²) in [5.41, 5.74) is 0.521. The molecule has 2 rings (SSSR count). The minimum Gasteiger partial charge on any atom is -0.341 e. The number of aliphatic imine (C=N–C) groups is 1. The molecule has 1 aliphatic heterocycles. The molecule has 7 heteroatoms. The number of hydrogen-bond acceptors (Lipinski definition) is 4. The van der Waals surface area contributed by atoms with Gasteiger partial charge >= 0.3 is 0 Å². The predicted octanol–water partition coefficient (Wildman–Crippen LogP) is 3.03. The fourth-order valence-electron chi connectivity index (χ4n) is 2.90. The number of nitrogens with zero attached hydrogens (tertiary/aromatic N) is 2. The number of hydrogen-bond donors (Lipinski definition) is 1. The molecule has 0 saturated carbocycles. The molecule has 1 N–H and O–H groups in total. The monoisotopic (exact) mass is 393 g/mol. The van der Waals surface area contributed by atoms with Crippen molar-refractivity contribution in [2.75, 3.05) is 13.1 Å². The van der Waals surface area contributed by atoms with Crippen LogP contribution in [0.15, 0.2) is 34.2 Å². The van der Waals surface area contributed by atoms with Crippen molar-refractivity contribution in [1.82, 2.24) is 9.62 Å². The SMILES string of the molecule is CC(C)CCN(CCC(C)C)C(=O)[C@H](C)N=C1NS(=O)(=O)c2ccccc21. The number of carbonyl (C=O) groups excluding carboxylic acids is 1. The molecular formula is C20H31N3O3S. The molecule has 0 radical (unpaired) electrons. The van der Waals surface area contributed by atoms with Gasteiger partial charge in [-0.2, -0.15) is 0 Å². The second-order valence-corrected chi connectivity index (χ2v) is 9.60. The molecule has 0 saturated heterocycles. The lowest BCUT2D eigenvalue weighted by Crippen LogP contribution is -2.40. The number of rotatable bonds is 8. The number of carbonyl (C=O) groups is 1. The summed E-state index contributed by atoms with van der Waals surface area (Å²) in [7, 11) is -3.59. The highest BCUT2D eigenvalue weighted by molar-refractivity contribution is 7.90. The first-order valence-corrected chi connectivity index (χ1v) is 11.1. The van der Waals surface area contributed by atoms with Crippen molar-refractivity contribution in [3.05, 3.63) is 29.8 Å². The second kappa shape index (κ2) is 8.87. The topological polar surface area (TPSA) is 78.8 Å². The van der Waals surface area contributed by atoms with E-state index in [1.54, 1.807) is 31.2 Å². The van der Waals surface area contributed by atoms with E-state index in [-0.39, 0.29) is 16.6 Å². The molecule has 1 aliphatic rings. The van der Waals surface area contributed by atoms with Gasteiger partial charge in [0.05, 0.1) is 4.90 Å². The van der Waals surface area contributed by atoms with Crippen LogP contribution in [-0.2, 0) is 14.8 Å². The fourth-order valence-corrected chi connectivity index (χ4v) is 4.14. The van der Waals surface area contributed by atoms with Crippen LogP contribution in [0.4, 0.5) is 0 Å². The quantitative estimate of drug-likeness (QED) is 0.737. The van der Waals surface area contributed by atoms with Crippen molar-refractivity contribution in [1.29, 1.82) is 0 Å². The Bertz CT molecular complexity index is 788. The standard InChI is InChI=1S/C20H31N3O3S/c1-14(2)10-12-23(13-11-15(3)4)20(24)16(5)21-19-17-8-6-7-9-18(17)27(25,26)22-19/h6-9,14-16H,10-13H2,1-5H3,(H,21,22)/t16-/m0/s1. The van der Waals surface area contributed by atoms with Crippen LogP contribution >= 0.6 is 0 Å². The van der Waals surface area contributed by atoms with Gasteiger partial charge in [0.2, 0.25) is 5.91 Å². The van der Waals surface area contributed by atoms with Crippen LogP contribution < -0.4 is 4.72 Å². The van der Waals surface area contributed by atoms with Crippen molar-refractivity contribution in [2.24, 2.45) is 16.8 Å². The molecule has 0 unspecified atom stereocenters. The first-order valence-electron chi connectivity index (χ1n) is 9.60. The van der Waals surface area contributed by atoms with E-state index in [2.05, 4.69) is 37.4 Å². The summed E-state index contributed by atoms with van der Waals surface area (Å²) >= 11 is 0. The summed E-state index contributed by atoms with van der Waals surface area (Å²) in [5.74, 6) is 1.20. The smallest absolute Gasteiger partial charge is 0.263 e. The Morgan fingerprint density at radius 1 is 1.04 bits per heavy atom. The maximum absolute atomic E-state index is 13.0. The summed E-state index contributed by atoms with van der Waals surface area (Å²) in [6, 6.07) is 6.05. The average molecular weight is 394 g/mol. The number of benzene rings is 1. The zero-order valence-electron chi connectivity index (χ0n) is 16.9. The van der Waals surface area contributed by atoms with Gasteiger partial charge in [0.15, 0.2) is 0 Å². The number of sulfonamides is 1. The van der Waals surface area contributed by atoms with E-state index in [1.165, 1.54) is 0 Å². The third-order valence-electron chi connectivity index (χ3n) is 4.61. The van der Waals surface area contributed by atoms with Gasteiger partial charge in [0.25, 0.3) is 10.0 Å². The summed E-state index contributed by atoms with van der Waals surface area (Å²) in [6.07, 6.45) is 1.87. The molecule has 1 amide bonds. The summed E-state index contributed by atoms with van der Waals surface area (Å²) in [4.78, 5) is 19.5. The molecule has 1 atom stereocenters. The third-order valence-corrected chi connectivity index (χ3v) is 6.00. The van der Waals surface area contributed by atoms with Crippen LogP contribution in [0.2, 0.25) is 0 Å². The molecule has 0 fully saturated rings. The zero-order valence-corrected chi connectivity index (χ0v) is 17.7. The first-order chi connectivity index (χ1) is 12.6. The maximum Gasteiger partial charge on any atom is 0.263 e. The Balaban J connectivity index is 2.20. The van der Waals surface area contributed by atoms with Crippen LogP contribution in [0, 0.1) is 11.8 Å². The van der Waals surface area contributed by atoms with Gasteiger partial charge < -0.3 is 4.90 Å². The molecule has 1 heterocycles. The summed E-state index contributed by atoms with van der Waals surface area (Å²) in [6.45, 7) is 11.7. The lowest BCUT2D eigenvalue weighted by molar-refractivity contribution is -0.132. The van der Waals surface area contributed by atoms with Crippen LogP contribution in [0.25, 0.3) is 0 Å². The summed E-state index contributed by atoms with van der Waals surface area (Å²) < 4.78 is 26.9. The molecule has 0 bridgehead atoms. The van der Waals surface area contributed by atoms with E-state index >= 15 is 0 Å². The largest absolute Gasteiger partial charge is 0.341 e. The number of fused-ring (bicyclic) bond motifs is 1. The van der Waals surface area contributed by atoms with Crippen molar-refractivity contribution < 1.29 is 13.2 Å². The second-order valence-electron chi connectivity index (χ2n) is 7.95. The van der Waals surface area contributed by atoms with Gasteiger partial charge in [0, 0.05) is 18.7 Å². The highest BCUT2D eigenvalue weighted by Gasteiger charge is 2.31. The van der Waals surface area contributed by atoms with Gasteiger partial charge in [-0.3, -0.25) is 14.5 Å². The van der Waals surface area contributed by atoms with E-state index in [1.807, 2.05) is 4.90 Å². The van der Waals surface area contributed by atoms with Gasteiger partial charge in [-0.25, -0.2) is 8.42 Å². The minimum absolute atomic E-state index is 0.0626. The van der Waals surface area contributed by atoms with Crippen LogP contribution in [-0.4, -0.2) is 44.2 Å². The minimum atomic E-state index is -3.59. The average Bonchev–Trinajstić information content (AvgIpc) is 2.85. The Morgan fingerprint density at radius 3 is 2.15 bits per heavy atom. The highest BCUT2D eigenvalue weighted by atomic mass is 32.2. The molecule has 0 aromatic heterocycles. The lowest BCUT2D eigenvalue weighted by atomic mass is 10.1. The van der Waals surface area contributed by atoms with E-state index in [0.717, 1.165) is 12.8 Å². The Morgan fingerprint density at radius 2 is 1.59 bits per heavy atom. The molecule has 150 valence electrons. The number of nitrogens with one attached hydrogen (secondary N) is 1. The molecule has 6 nitrogen and oxygen atoms in total. The predicted molar refractivity (Wildman–Crippen MR) is 108 cm³/mol. The number of amides is 1. The first kappa shape index (κ1) is 21.4. The van der Waals surface area contributed by atoms with E-state index in [4.69, 9.17) is 0 Å². The van der Waals surface area contributed by atoms with Crippen molar-refractivity contribution in [3.63, 3.8) is 0 Å². The van der Waals surface area contributed by atoms with Crippen molar-refractivity contribution >= 4 is 21.8 Å². The number of amidine groups is 1. The van der Waals surface area contributed by atoms with Crippen molar-refractivity contribution in [3.8, 4) is 0 Å². The van der Waals surface area contributed by atoms with E-state index in [0.29, 0.717) is 30.5 Å². The van der Waals surface area contributed by atoms with E-state index < -0.39 is 16.1 Å². The Hall–Kier alpha value is -1.89. The molecular weight excluding hydrogens is 362 g/mol. The van der Waals surface area contributed by atoms with Crippen LogP contribution in [0.3, 0.4) is 0 Å². The normalized spacial score (nSPS) is 17.8. The third kappa shape index (κ3) is 5.54. The van der Waals surface area contributed by atoms with Gasteiger partial charge in [0.1, 0.15) is 11.9 Å². The van der Waals surface area contributed by atoms with Crippen LogP contribution in [0.1, 0.15) is 53.0 Å². The van der Waals surface area contributed by atoms with Crippen molar-refractivity contribution in [2.45, 2.75) is 58.4 Å². The van der Waals surface area contributed by atoms with Gasteiger partial charge in [-0.15, -0.1) is 0 Å². The fraction of sp³-hybridized carbons (Fsp3) is 0.600.